The second-order valence-electron chi connectivity index (χ2n) is 6.63. The summed E-state index contributed by atoms with van der Waals surface area (Å²) < 4.78 is 5.91. The molecule has 0 spiro atoms. The number of hydrogen-bond acceptors (Lipinski definition) is 4. The molecule has 1 aliphatic heterocycles. The lowest BCUT2D eigenvalue weighted by Gasteiger charge is -2.39. The van der Waals surface area contributed by atoms with Crippen molar-refractivity contribution in [1.82, 2.24) is 10.3 Å². The number of ether oxygens (including phenoxy) is 1. The van der Waals surface area contributed by atoms with Crippen LogP contribution in [0.4, 0.5) is 5.69 Å². The van der Waals surface area contributed by atoms with Crippen LogP contribution in [0.15, 0.2) is 18.3 Å². The summed E-state index contributed by atoms with van der Waals surface area (Å²) in [5.41, 5.74) is 2.45. The Hall–Kier alpha value is -1.13. The van der Waals surface area contributed by atoms with Gasteiger partial charge in [0.25, 0.3) is 0 Å². The highest BCUT2D eigenvalue weighted by Gasteiger charge is 2.36. The van der Waals surface area contributed by atoms with Crippen LogP contribution in [0.2, 0.25) is 0 Å². The number of pyridine rings is 1. The van der Waals surface area contributed by atoms with E-state index >= 15 is 0 Å². The minimum atomic E-state index is 0.439. The maximum atomic E-state index is 5.91. The molecule has 21 heavy (non-hydrogen) atoms. The van der Waals surface area contributed by atoms with Crippen LogP contribution in [-0.2, 0) is 11.3 Å². The molecule has 2 unspecified atom stereocenters. The van der Waals surface area contributed by atoms with Crippen LogP contribution in [0.1, 0.15) is 38.8 Å². The lowest BCUT2D eigenvalue weighted by atomic mass is 10.1. The minimum Gasteiger partial charge on any atom is -0.374 e. The monoisotopic (exact) mass is 289 g/mol. The normalized spacial score (nSPS) is 25.4. The van der Waals surface area contributed by atoms with Gasteiger partial charge in [0.1, 0.15) is 0 Å². The van der Waals surface area contributed by atoms with E-state index in [1.807, 2.05) is 6.20 Å². The molecule has 3 rings (SSSR count). The standard InChI is InChI=1S/C17H27N3O/c1-13(2)11-18-12-14-10-15(6-7-19-14)20-8-9-21-17-5-3-4-16(17)20/h6-7,10,13,16-18H,3-5,8-9,11-12H2,1-2H3. The van der Waals surface area contributed by atoms with Gasteiger partial charge in [-0.25, -0.2) is 0 Å². The van der Waals surface area contributed by atoms with Crippen molar-refractivity contribution in [3.63, 3.8) is 0 Å². The molecular weight excluding hydrogens is 262 g/mol. The molecule has 0 amide bonds. The van der Waals surface area contributed by atoms with Crippen LogP contribution < -0.4 is 10.2 Å². The van der Waals surface area contributed by atoms with Gasteiger partial charge < -0.3 is 15.0 Å². The molecule has 0 bridgehead atoms. The number of fused-ring (bicyclic) bond motifs is 1. The van der Waals surface area contributed by atoms with Gasteiger partial charge >= 0.3 is 0 Å². The van der Waals surface area contributed by atoms with Gasteiger partial charge in [-0.3, -0.25) is 4.98 Å². The fraction of sp³-hybridized carbons (Fsp3) is 0.706. The predicted octanol–water partition coefficient (Wildman–Crippen LogP) is 2.58. The van der Waals surface area contributed by atoms with Gasteiger partial charge in [0.05, 0.1) is 24.4 Å². The van der Waals surface area contributed by atoms with Crippen molar-refractivity contribution in [3.8, 4) is 0 Å². The average molecular weight is 289 g/mol. The fourth-order valence-electron chi connectivity index (χ4n) is 3.48. The minimum absolute atomic E-state index is 0.439. The molecule has 1 aromatic heterocycles. The third-order valence-electron chi connectivity index (χ3n) is 4.47. The van der Waals surface area contributed by atoms with E-state index < -0.39 is 0 Å². The van der Waals surface area contributed by atoms with Gasteiger partial charge in [0.2, 0.25) is 0 Å². The van der Waals surface area contributed by atoms with E-state index in [9.17, 15) is 0 Å². The highest BCUT2D eigenvalue weighted by atomic mass is 16.5. The number of nitrogens with zero attached hydrogens (tertiary/aromatic N) is 2. The first-order valence-corrected chi connectivity index (χ1v) is 8.28. The molecule has 1 aromatic rings. The zero-order chi connectivity index (χ0) is 14.7. The lowest BCUT2D eigenvalue weighted by Crippen LogP contribution is -2.48. The third-order valence-corrected chi connectivity index (χ3v) is 4.47. The van der Waals surface area contributed by atoms with Crippen molar-refractivity contribution in [2.24, 2.45) is 5.92 Å². The summed E-state index contributed by atoms with van der Waals surface area (Å²) in [6.45, 7) is 8.20. The van der Waals surface area contributed by atoms with E-state index in [0.29, 0.717) is 18.1 Å². The summed E-state index contributed by atoms with van der Waals surface area (Å²) in [6.07, 6.45) is 6.15. The Kier molecular flexibility index (Phi) is 4.76. The molecule has 2 atom stereocenters. The molecule has 0 radical (unpaired) electrons. The molecular formula is C17H27N3O. The molecule has 4 heteroatoms. The topological polar surface area (TPSA) is 37.4 Å². The van der Waals surface area contributed by atoms with E-state index in [1.54, 1.807) is 0 Å². The van der Waals surface area contributed by atoms with Crippen molar-refractivity contribution in [3.05, 3.63) is 24.0 Å². The molecule has 1 saturated carbocycles. The number of hydrogen-bond donors (Lipinski definition) is 1. The van der Waals surface area contributed by atoms with E-state index in [1.165, 1.54) is 24.9 Å². The third kappa shape index (κ3) is 3.55. The van der Waals surface area contributed by atoms with Gasteiger partial charge in [0, 0.05) is 25.0 Å². The molecule has 0 aromatic carbocycles. The predicted molar refractivity (Wildman–Crippen MR) is 85.5 cm³/mol. The van der Waals surface area contributed by atoms with Crippen LogP contribution in [0.5, 0.6) is 0 Å². The molecule has 2 fully saturated rings. The maximum absolute atomic E-state index is 5.91. The van der Waals surface area contributed by atoms with Crippen LogP contribution in [-0.4, -0.2) is 36.8 Å². The number of anilines is 1. The number of aromatic nitrogens is 1. The zero-order valence-corrected chi connectivity index (χ0v) is 13.2. The number of rotatable bonds is 5. The van der Waals surface area contributed by atoms with Crippen LogP contribution in [0.25, 0.3) is 0 Å². The van der Waals surface area contributed by atoms with Crippen molar-refractivity contribution in [1.29, 1.82) is 0 Å². The summed E-state index contributed by atoms with van der Waals surface area (Å²) in [4.78, 5) is 7.03. The van der Waals surface area contributed by atoms with Crippen LogP contribution in [0, 0.1) is 5.92 Å². The first kappa shape index (κ1) is 14.8. The molecule has 116 valence electrons. The Balaban J connectivity index is 1.67. The van der Waals surface area contributed by atoms with E-state index in [-0.39, 0.29) is 0 Å². The van der Waals surface area contributed by atoms with Crippen LogP contribution in [0.3, 0.4) is 0 Å². The van der Waals surface area contributed by atoms with Gasteiger partial charge in [-0.1, -0.05) is 13.8 Å². The van der Waals surface area contributed by atoms with Crippen molar-refractivity contribution in [2.45, 2.75) is 51.8 Å². The second kappa shape index (κ2) is 6.75. The maximum Gasteiger partial charge on any atom is 0.0779 e. The average Bonchev–Trinajstić information content (AvgIpc) is 2.95. The molecule has 2 heterocycles. The Morgan fingerprint density at radius 2 is 2.33 bits per heavy atom. The van der Waals surface area contributed by atoms with Crippen molar-refractivity contribution < 1.29 is 4.74 Å². The molecule has 1 N–H and O–H groups in total. The Morgan fingerprint density at radius 1 is 1.43 bits per heavy atom. The molecule has 1 aliphatic carbocycles. The quantitative estimate of drug-likeness (QED) is 0.904. The molecule has 2 aliphatic rings. The zero-order valence-electron chi connectivity index (χ0n) is 13.2. The van der Waals surface area contributed by atoms with E-state index in [0.717, 1.165) is 31.9 Å². The second-order valence-corrected chi connectivity index (χ2v) is 6.63. The highest BCUT2D eigenvalue weighted by Crippen LogP contribution is 2.33. The van der Waals surface area contributed by atoms with Crippen molar-refractivity contribution in [2.75, 3.05) is 24.6 Å². The van der Waals surface area contributed by atoms with Crippen molar-refractivity contribution >= 4 is 5.69 Å². The highest BCUT2D eigenvalue weighted by molar-refractivity contribution is 5.48. The van der Waals surface area contributed by atoms with E-state index in [2.05, 4.69) is 41.2 Å². The summed E-state index contributed by atoms with van der Waals surface area (Å²) in [7, 11) is 0. The Morgan fingerprint density at radius 3 is 3.19 bits per heavy atom. The Labute approximate surface area is 127 Å². The van der Waals surface area contributed by atoms with Gasteiger partial charge in [-0.2, -0.15) is 0 Å². The molecule has 4 nitrogen and oxygen atoms in total. The molecule has 1 saturated heterocycles. The van der Waals surface area contributed by atoms with Gasteiger partial charge in [0.15, 0.2) is 0 Å². The number of morpholine rings is 1. The lowest BCUT2D eigenvalue weighted by molar-refractivity contribution is 0.0256. The van der Waals surface area contributed by atoms with E-state index in [4.69, 9.17) is 4.74 Å². The van der Waals surface area contributed by atoms with Gasteiger partial charge in [-0.05, 0) is 43.9 Å². The fourth-order valence-corrected chi connectivity index (χ4v) is 3.48. The summed E-state index contributed by atoms with van der Waals surface area (Å²) in [6, 6.07) is 4.96. The SMILES string of the molecule is CC(C)CNCc1cc(N2CCOC3CCCC32)ccn1. The summed E-state index contributed by atoms with van der Waals surface area (Å²) in [5.74, 6) is 0.673. The van der Waals surface area contributed by atoms with Gasteiger partial charge in [-0.15, -0.1) is 0 Å². The Bertz CT molecular complexity index is 463. The number of nitrogens with one attached hydrogen (secondary N) is 1. The first-order chi connectivity index (χ1) is 10.2. The van der Waals surface area contributed by atoms with Crippen LogP contribution >= 0.6 is 0 Å². The largest absolute Gasteiger partial charge is 0.374 e. The smallest absolute Gasteiger partial charge is 0.0779 e. The first-order valence-electron chi connectivity index (χ1n) is 8.28. The summed E-state index contributed by atoms with van der Waals surface area (Å²) in [5, 5.41) is 3.47. The summed E-state index contributed by atoms with van der Waals surface area (Å²) >= 11 is 0.